The lowest BCUT2D eigenvalue weighted by Crippen LogP contribution is -2.61. The first-order valence-corrected chi connectivity index (χ1v) is 5.01. The van der Waals surface area contributed by atoms with Crippen molar-refractivity contribution in [3.8, 4) is 0 Å². The van der Waals surface area contributed by atoms with Crippen molar-refractivity contribution >= 4 is 5.91 Å². The van der Waals surface area contributed by atoms with Gasteiger partial charge in [0.15, 0.2) is 0 Å². The van der Waals surface area contributed by atoms with Gasteiger partial charge in [-0.2, -0.15) is 0 Å². The number of nitrogens with one attached hydrogen (secondary N) is 1. The molecule has 13 heavy (non-hydrogen) atoms. The van der Waals surface area contributed by atoms with E-state index in [1.165, 1.54) is 0 Å². The molecule has 0 aromatic rings. The van der Waals surface area contributed by atoms with E-state index in [2.05, 4.69) is 19.2 Å². The lowest BCUT2D eigenvalue weighted by molar-refractivity contribution is -0.128. The number of likely N-dealkylation sites (N-methyl/N-ethyl adjacent to an activating group) is 1. The Balaban J connectivity index is 2.96. The molecule has 1 saturated carbocycles. The van der Waals surface area contributed by atoms with Crippen LogP contribution in [0, 0.1) is 5.41 Å². The summed E-state index contributed by atoms with van der Waals surface area (Å²) in [5.74, 6) is -0.197. The van der Waals surface area contributed by atoms with E-state index in [1.54, 1.807) is 0 Å². The molecule has 0 aliphatic heterocycles. The van der Waals surface area contributed by atoms with Gasteiger partial charge in [0, 0.05) is 0 Å². The summed E-state index contributed by atoms with van der Waals surface area (Å²) in [6.45, 7) is 7.05. The Morgan fingerprint density at radius 3 is 2.38 bits per heavy atom. The van der Waals surface area contributed by atoms with Crippen molar-refractivity contribution in [2.24, 2.45) is 11.1 Å². The quantitative estimate of drug-likeness (QED) is 0.688. The average molecular weight is 184 g/mol. The zero-order chi connectivity index (χ0) is 10.1. The molecule has 1 unspecified atom stereocenters. The third-order valence-electron chi connectivity index (χ3n) is 3.41. The van der Waals surface area contributed by atoms with Gasteiger partial charge in [0.2, 0.25) is 5.91 Å². The van der Waals surface area contributed by atoms with Crippen molar-refractivity contribution in [3.63, 3.8) is 0 Å². The number of carbonyl (C=O) groups is 1. The number of primary amides is 1. The molecule has 0 radical (unpaired) electrons. The Kier molecular flexibility index (Phi) is 2.66. The largest absolute Gasteiger partial charge is 0.368 e. The number of hydrogen-bond donors (Lipinski definition) is 2. The second-order valence-corrected chi connectivity index (χ2v) is 4.54. The van der Waals surface area contributed by atoms with Gasteiger partial charge in [0.05, 0.1) is 0 Å². The predicted molar refractivity (Wildman–Crippen MR) is 53.2 cm³/mol. The first-order chi connectivity index (χ1) is 5.96. The molecule has 0 bridgehead atoms. The number of amides is 1. The van der Waals surface area contributed by atoms with Crippen LogP contribution in [-0.4, -0.2) is 18.0 Å². The second kappa shape index (κ2) is 3.29. The van der Waals surface area contributed by atoms with E-state index in [0.29, 0.717) is 0 Å². The molecule has 0 aromatic carbocycles. The SMILES string of the molecule is CCNC1(C(N)=O)CCCC1(C)C. The maximum atomic E-state index is 11.5. The van der Waals surface area contributed by atoms with Crippen LogP contribution >= 0.6 is 0 Å². The Labute approximate surface area is 80.1 Å². The fraction of sp³-hybridized carbons (Fsp3) is 0.900. The van der Waals surface area contributed by atoms with Crippen LogP contribution < -0.4 is 11.1 Å². The maximum absolute atomic E-state index is 11.5. The minimum atomic E-state index is -0.470. The number of hydrogen-bond acceptors (Lipinski definition) is 2. The van der Waals surface area contributed by atoms with Gasteiger partial charge in [0.1, 0.15) is 5.54 Å². The topological polar surface area (TPSA) is 55.1 Å². The van der Waals surface area contributed by atoms with E-state index in [1.807, 2.05) is 6.92 Å². The molecule has 1 aliphatic carbocycles. The van der Waals surface area contributed by atoms with Crippen molar-refractivity contribution in [1.29, 1.82) is 0 Å². The first kappa shape index (κ1) is 10.5. The fourth-order valence-corrected chi connectivity index (χ4v) is 2.52. The summed E-state index contributed by atoms with van der Waals surface area (Å²) < 4.78 is 0. The highest BCUT2D eigenvalue weighted by Crippen LogP contribution is 2.45. The molecule has 1 atom stereocenters. The molecule has 3 heteroatoms. The van der Waals surface area contributed by atoms with E-state index in [0.717, 1.165) is 25.8 Å². The van der Waals surface area contributed by atoms with E-state index >= 15 is 0 Å². The van der Waals surface area contributed by atoms with Gasteiger partial charge in [-0.05, 0) is 24.8 Å². The molecule has 3 nitrogen and oxygen atoms in total. The van der Waals surface area contributed by atoms with Crippen molar-refractivity contribution in [3.05, 3.63) is 0 Å². The van der Waals surface area contributed by atoms with Crippen molar-refractivity contribution in [2.45, 2.75) is 45.6 Å². The third kappa shape index (κ3) is 1.46. The normalized spacial score (nSPS) is 31.9. The van der Waals surface area contributed by atoms with Crippen LogP contribution in [-0.2, 0) is 4.79 Å². The van der Waals surface area contributed by atoms with Crippen molar-refractivity contribution in [2.75, 3.05) is 6.54 Å². The van der Waals surface area contributed by atoms with Crippen LogP contribution in [0.4, 0.5) is 0 Å². The van der Waals surface area contributed by atoms with Crippen molar-refractivity contribution in [1.82, 2.24) is 5.32 Å². The summed E-state index contributed by atoms with van der Waals surface area (Å²) >= 11 is 0. The Hall–Kier alpha value is -0.570. The Bertz CT molecular complexity index is 213. The average Bonchev–Trinajstić information content (AvgIpc) is 2.28. The van der Waals surface area contributed by atoms with Crippen LogP contribution in [0.5, 0.6) is 0 Å². The summed E-state index contributed by atoms with van der Waals surface area (Å²) in [4.78, 5) is 11.5. The summed E-state index contributed by atoms with van der Waals surface area (Å²) in [5.41, 5.74) is 5.02. The smallest absolute Gasteiger partial charge is 0.238 e. The van der Waals surface area contributed by atoms with Gasteiger partial charge < -0.3 is 11.1 Å². The summed E-state index contributed by atoms with van der Waals surface area (Å²) in [7, 11) is 0. The molecule has 0 saturated heterocycles. The predicted octanol–water partition coefficient (Wildman–Crippen LogP) is 1.03. The molecule has 1 aliphatic rings. The standard InChI is InChI=1S/C10H20N2O/c1-4-12-10(8(11)13)7-5-6-9(10,2)3/h12H,4-7H2,1-3H3,(H2,11,13). The van der Waals surface area contributed by atoms with Gasteiger partial charge in [-0.3, -0.25) is 4.79 Å². The number of nitrogens with two attached hydrogens (primary N) is 1. The van der Waals surface area contributed by atoms with Gasteiger partial charge in [-0.15, -0.1) is 0 Å². The fourth-order valence-electron chi connectivity index (χ4n) is 2.52. The van der Waals surface area contributed by atoms with E-state index in [-0.39, 0.29) is 11.3 Å². The number of carbonyl (C=O) groups excluding carboxylic acids is 1. The molecule has 76 valence electrons. The van der Waals surface area contributed by atoms with Gasteiger partial charge in [-0.25, -0.2) is 0 Å². The monoisotopic (exact) mass is 184 g/mol. The van der Waals surface area contributed by atoms with Gasteiger partial charge in [0.25, 0.3) is 0 Å². The molecular formula is C10H20N2O. The van der Waals surface area contributed by atoms with Crippen molar-refractivity contribution < 1.29 is 4.79 Å². The van der Waals surface area contributed by atoms with Crippen LogP contribution in [0.15, 0.2) is 0 Å². The molecule has 1 amide bonds. The Morgan fingerprint density at radius 1 is 1.46 bits per heavy atom. The summed E-state index contributed by atoms with van der Waals surface area (Å²) in [5, 5.41) is 3.27. The minimum absolute atomic E-state index is 0.00512. The zero-order valence-corrected chi connectivity index (χ0v) is 8.81. The molecule has 3 N–H and O–H groups in total. The van der Waals surface area contributed by atoms with Crippen LogP contribution in [0.25, 0.3) is 0 Å². The lowest BCUT2D eigenvalue weighted by atomic mass is 9.74. The minimum Gasteiger partial charge on any atom is -0.368 e. The molecular weight excluding hydrogens is 164 g/mol. The lowest BCUT2D eigenvalue weighted by Gasteiger charge is -2.39. The molecule has 0 aromatic heterocycles. The maximum Gasteiger partial charge on any atom is 0.238 e. The van der Waals surface area contributed by atoms with E-state index < -0.39 is 5.54 Å². The zero-order valence-electron chi connectivity index (χ0n) is 8.81. The van der Waals surface area contributed by atoms with Crippen LogP contribution in [0.2, 0.25) is 0 Å². The van der Waals surface area contributed by atoms with Crippen LogP contribution in [0.3, 0.4) is 0 Å². The second-order valence-electron chi connectivity index (χ2n) is 4.54. The molecule has 0 spiro atoms. The Morgan fingerprint density at radius 2 is 2.08 bits per heavy atom. The van der Waals surface area contributed by atoms with Gasteiger partial charge in [-0.1, -0.05) is 27.2 Å². The molecule has 0 heterocycles. The van der Waals surface area contributed by atoms with E-state index in [9.17, 15) is 4.79 Å². The summed E-state index contributed by atoms with van der Waals surface area (Å²) in [6.07, 6.45) is 3.04. The highest BCUT2D eigenvalue weighted by atomic mass is 16.1. The molecule has 1 rings (SSSR count). The highest BCUT2D eigenvalue weighted by Gasteiger charge is 2.52. The third-order valence-corrected chi connectivity index (χ3v) is 3.41. The first-order valence-electron chi connectivity index (χ1n) is 5.01. The summed E-state index contributed by atoms with van der Waals surface area (Å²) in [6, 6.07) is 0. The number of rotatable bonds is 3. The van der Waals surface area contributed by atoms with E-state index in [4.69, 9.17) is 5.73 Å². The van der Waals surface area contributed by atoms with Gasteiger partial charge >= 0.3 is 0 Å². The highest BCUT2D eigenvalue weighted by molar-refractivity contribution is 5.86. The molecule has 1 fully saturated rings. The van der Waals surface area contributed by atoms with Crippen LogP contribution in [0.1, 0.15) is 40.0 Å².